The zero-order valence-corrected chi connectivity index (χ0v) is 19.7. The van der Waals surface area contributed by atoms with Crippen LogP contribution in [0, 0.1) is 0 Å². The number of nitrogens with zero attached hydrogens (tertiary/aromatic N) is 1. The second kappa shape index (κ2) is 10.2. The van der Waals surface area contributed by atoms with Gasteiger partial charge in [0.05, 0.1) is 30.7 Å². The Morgan fingerprint density at radius 1 is 1.15 bits per heavy atom. The average Bonchev–Trinajstić information content (AvgIpc) is 3.49. The molecule has 0 spiro atoms. The van der Waals surface area contributed by atoms with Crippen LogP contribution in [-0.2, 0) is 10.0 Å². The number of H-pyrrole nitrogens is 1. The van der Waals surface area contributed by atoms with Gasteiger partial charge in [0.1, 0.15) is 9.96 Å². The summed E-state index contributed by atoms with van der Waals surface area (Å²) in [5.74, 6) is 1.29. The Kier molecular flexibility index (Phi) is 7.17. The summed E-state index contributed by atoms with van der Waals surface area (Å²) in [5, 5.41) is 20.2. The van der Waals surface area contributed by atoms with Crippen LogP contribution in [0.25, 0.3) is 10.9 Å². The minimum Gasteiger partial charge on any atom is -0.494 e. The zero-order chi connectivity index (χ0) is 23.3. The number of rotatable bonds is 11. The van der Waals surface area contributed by atoms with Gasteiger partial charge in [-0.25, -0.2) is 8.42 Å². The van der Waals surface area contributed by atoms with E-state index in [4.69, 9.17) is 9.47 Å². The van der Waals surface area contributed by atoms with E-state index < -0.39 is 16.1 Å². The van der Waals surface area contributed by atoms with E-state index in [1.807, 2.05) is 18.2 Å². The Morgan fingerprint density at radius 3 is 2.82 bits per heavy atom. The third-order valence-electron chi connectivity index (χ3n) is 5.12. The maximum atomic E-state index is 12.4. The maximum Gasteiger partial charge on any atom is 0.271 e. The zero-order valence-electron chi connectivity index (χ0n) is 18.0. The van der Waals surface area contributed by atoms with E-state index in [1.165, 1.54) is 0 Å². The molecule has 0 radical (unpaired) electrons. The lowest BCUT2D eigenvalue weighted by Gasteiger charge is -2.13. The number of thiophene rings is 1. The molecule has 0 aliphatic carbocycles. The van der Waals surface area contributed by atoms with Gasteiger partial charge in [-0.3, -0.25) is 9.82 Å². The number of aromatic amines is 1. The number of aliphatic hydroxyl groups excluding tert-OH is 1. The monoisotopic (exact) mass is 487 g/mol. The van der Waals surface area contributed by atoms with E-state index in [-0.39, 0.29) is 4.21 Å². The summed E-state index contributed by atoms with van der Waals surface area (Å²) in [4.78, 5) is 0. The Bertz CT molecular complexity index is 1300. The fraction of sp³-hybridized carbons (Fsp3) is 0.261. The maximum absolute atomic E-state index is 12.4. The predicted octanol–water partition coefficient (Wildman–Crippen LogP) is 4.72. The molecule has 10 heteroatoms. The van der Waals surface area contributed by atoms with Crippen LogP contribution in [0.2, 0.25) is 0 Å². The van der Waals surface area contributed by atoms with E-state index in [9.17, 15) is 13.5 Å². The fourth-order valence-corrected chi connectivity index (χ4v) is 5.49. The Labute approximate surface area is 196 Å². The molecule has 0 unspecified atom stereocenters. The van der Waals surface area contributed by atoms with Crippen molar-refractivity contribution in [3.63, 3.8) is 0 Å². The van der Waals surface area contributed by atoms with E-state index in [0.717, 1.165) is 40.8 Å². The third-order valence-corrected chi connectivity index (χ3v) is 7.90. The van der Waals surface area contributed by atoms with Crippen molar-refractivity contribution in [2.24, 2.45) is 0 Å². The highest BCUT2D eigenvalue weighted by Gasteiger charge is 2.16. The molecule has 1 atom stereocenters. The summed E-state index contributed by atoms with van der Waals surface area (Å²) in [6.45, 7) is 0.518. The van der Waals surface area contributed by atoms with Gasteiger partial charge in [-0.05, 0) is 60.5 Å². The number of aliphatic hydroxyl groups is 1. The van der Waals surface area contributed by atoms with Crippen LogP contribution in [0.3, 0.4) is 0 Å². The first-order chi connectivity index (χ1) is 16.0. The molecule has 0 fully saturated rings. The fourth-order valence-electron chi connectivity index (χ4n) is 3.45. The van der Waals surface area contributed by atoms with Crippen LogP contribution in [0.5, 0.6) is 11.6 Å². The predicted molar refractivity (Wildman–Crippen MR) is 129 cm³/mol. The molecule has 0 saturated carbocycles. The standard InChI is InChI=1S/C23H25N3O5S2/c1-30-23-19-11-10-18(15-20(19)24-25-23)31-12-3-2-8-21(27)16-6-4-7-17(14-16)26-33(28,29)22-9-5-13-32-22/h4-7,9-11,13-15,21,26-27H,2-3,8,12H2,1H3,(H,24,25)/t21-/m0/s1. The molecular formula is C23H25N3O5S2. The topological polar surface area (TPSA) is 114 Å². The molecule has 0 saturated heterocycles. The highest BCUT2D eigenvalue weighted by molar-refractivity contribution is 7.94. The van der Waals surface area contributed by atoms with Crippen molar-refractivity contribution >= 4 is 38.0 Å². The van der Waals surface area contributed by atoms with Crippen molar-refractivity contribution < 1.29 is 23.0 Å². The normalized spacial score (nSPS) is 12.5. The Balaban J connectivity index is 1.25. The third kappa shape index (κ3) is 5.65. The molecule has 8 nitrogen and oxygen atoms in total. The number of fused-ring (bicyclic) bond motifs is 1. The molecule has 0 amide bonds. The van der Waals surface area contributed by atoms with Gasteiger partial charge in [-0.15, -0.1) is 16.4 Å². The first-order valence-corrected chi connectivity index (χ1v) is 12.8. The summed E-state index contributed by atoms with van der Waals surface area (Å²) in [6.07, 6.45) is 1.38. The first kappa shape index (κ1) is 23.1. The number of unbranched alkanes of at least 4 members (excludes halogenated alkanes) is 1. The summed E-state index contributed by atoms with van der Waals surface area (Å²) in [7, 11) is -2.04. The quantitative estimate of drug-likeness (QED) is 0.264. The van der Waals surface area contributed by atoms with Gasteiger partial charge in [-0.1, -0.05) is 18.2 Å². The molecule has 2 aromatic heterocycles. The number of ether oxygens (including phenoxy) is 2. The van der Waals surface area contributed by atoms with Gasteiger partial charge in [0.2, 0.25) is 5.88 Å². The lowest BCUT2D eigenvalue weighted by atomic mass is 10.0. The van der Waals surface area contributed by atoms with Gasteiger partial charge in [0, 0.05) is 11.8 Å². The van der Waals surface area contributed by atoms with Crippen molar-refractivity contribution in [3.05, 3.63) is 65.5 Å². The Hall–Kier alpha value is -3.08. The van der Waals surface area contributed by atoms with Crippen LogP contribution in [0.1, 0.15) is 30.9 Å². The van der Waals surface area contributed by atoms with E-state index >= 15 is 0 Å². The van der Waals surface area contributed by atoms with Gasteiger partial charge in [0.25, 0.3) is 10.0 Å². The van der Waals surface area contributed by atoms with Crippen LogP contribution in [0.4, 0.5) is 5.69 Å². The lowest BCUT2D eigenvalue weighted by molar-refractivity contribution is 0.160. The van der Waals surface area contributed by atoms with Gasteiger partial charge >= 0.3 is 0 Å². The van der Waals surface area contributed by atoms with E-state index in [2.05, 4.69) is 14.9 Å². The molecule has 33 heavy (non-hydrogen) atoms. The molecule has 3 N–H and O–H groups in total. The second-order valence-electron chi connectivity index (χ2n) is 7.46. The number of anilines is 1. The summed E-state index contributed by atoms with van der Waals surface area (Å²) in [5.41, 5.74) is 1.93. The molecule has 0 bridgehead atoms. The first-order valence-electron chi connectivity index (χ1n) is 10.5. The summed E-state index contributed by atoms with van der Waals surface area (Å²) < 4.78 is 38.6. The average molecular weight is 488 g/mol. The minimum atomic E-state index is -3.62. The molecule has 4 rings (SSSR count). The number of benzene rings is 2. The second-order valence-corrected chi connectivity index (χ2v) is 10.3. The van der Waals surface area contributed by atoms with Crippen LogP contribution in [-0.4, -0.2) is 37.4 Å². The minimum absolute atomic E-state index is 0.249. The summed E-state index contributed by atoms with van der Waals surface area (Å²) >= 11 is 1.15. The molecule has 4 aromatic rings. The molecule has 2 heterocycles. The van der Waals surface area contributed by atoms with Crippen molar-refractivity contribution in [2.75, 3.05) is 18.4 Å². The highest BCUT2D eigenvalue weighted by atomic mass is 32.2. The van der Waals surface area contributed by atoms with Gasteiger partial charge in [0.15, 0.2) is 0 Å². The smallest absolute Gasteiger partial charge is 0.271 e. The van der Waals surface area contributed by atoms with Crippen LogP contribution < -0.4 is 14.2 Å². The molecular weight excluding hydrogens is 462 g/mol. The number of methoxy groups -OCH3 is 1. The number of sulfonamides is 1. The van der Waals surface area contributed by atoms with Crippen LogP contribution in [0.15, 0.2) is 64.2 Å². The molecule has 2 aromatic carbocycles. The van der Waals surface area contributed by atoms with Crippen molar-refractivity contribution in [1.82, 2.24) is 10.2 Å². The number of hydrogen-bond acceptors (Lipinski definition) is 7. The van der Waals surface area contributed by atoms with Gasteiger partial charge < -0.3 is 14.6 Å². The number of nitrogens with one attached hydrogen (secondary N) is 2. The lowest BCUT2D eigenvalue weighted by Crippen LogP contribution is -2.11. The largest absolute Gasteiger partial charge is 0.494 e. The molecule has 0 aliphatic rings. The highest BCUT2D eigenvalue weighted by Crippen LogP contribution is 2.27. The number of hydrogen-bond donors (Lipinski definition) is 3. The van der Waals surface area contributed by atoms with E-state index in [1.54, 1.807) is 48.9 Å². The number of aromatic nitrogens is 2. The van der Waals surface area contributed by atoms with Crippen molar-refractivity contribution in [3.8, 4) is 11.6 Å². The SMILES string of the molecule is COc1n[nH]c2cc(OCCCC[C@H](O)c3cccc(NS(=O)(=O)c4cccs4)c3)ccc12. The summed E-state index contributed by atoms with van der Waals surface area (Å²) in [6, 6.07) is 15.7. The van der Waals surface area contributed by atoms with Crippen LogP contribution >= 0.6 is 11.3 Å². The van der Waals surface area contributed by atoms with Crippen molar-refractivity contribution in [2.45, 2.75) is 29.6 Å². The van der Waals surface area contributed by atoms with E-state index in [0.29, 0.717) is 30.2 Å². The molecule has 174 valence electrons. The van der Waals surface area contributed by atoms with Gasteiger partial charge in [-0.2, -0.15) is 0 Å². The van der Waals surface area contributed by atoms with Crippen molar-refractivity contribution in [1.29, 1.82) is 0 Å². The molecule has 0 aliphatic heterocycles. The Morgan fingerprint density at radius 2 is 2.03 bits per heavy atom.